The minimum Gasteiger partial charge on any atom is -0.356 e. The lowest BCUT2D eigenvalue weighted by Crippen LogP contribution is -2.46. The third kappa shape index (κ3) is 6.23. The summed E-state index contributed by atoms with van der Waals surface area (Å²) in [4.78, 5) is 12.6. The van der Waals surface area contributed by atoms with Crippen LogP contribution in [-0.2, 0) is 12.8 Å². The lowest BCUT2D eigenvalue weighted by Gasteiger charge is -2.34. The van der Waals surface area contributed by atoms with Crippen LogP contribution in [0.4, 0.5) is 0 Å². The van der Waals surface area contributed by atoms with Crippen LogP contribution in [-0.4, -0.2) is 42.5 Å². The number of hydrogen-bond acceptors (Lipinski definition) is 3. The van der Waals surface area contributed by atoms with Gasteiger partial charge in [0.15, 0.2) is 5.96 Å². The molecule has 0 radical (unpaired) electrons. The molecule has 142 valence electrons. The van der Waals surface area contributed by atoms with Gasteiger partial charge < -0.3 is 10.2 Å². The number of hydrogen-bond donors (Lipinski definition) is 1. The fourth-order valence-electron chi connectivity index (χ4n) is 3.43. The summed E-state index contributed by atoms with van der Waals surface area (Å²) >= 11 is 1.78. The van der Waals surface area contributed by atoms with Crippen LogP contribution in [0, 0.1) is 12.8 Å². The molecule has 6 heteroatoms. The number of nitrogens with one attached hydrogen (secondary N) is 1. The van der Waals surface area contributed by atoms with Crippen molar-refractivity contribution in [2.24, 2.45) is 10.9 Å². The van der Waals surface area contributed by atoms with Gasteiger partial charge in [0.05, 0.1) is 5.01 Å². The highest BCUT2D eigenvalue weighted by Crippen LogP contribution is 2.21. The average Bonchev–Trinajstić information content (AvgIpc) is 3.06. The van der Waals surface area contributed by atoms with Crippen molar-refractivity contribution in [2.45, 2.75) is 32.6 Å². The second-order valence-corrected chi connectivity index (χ2v) is 8.03. The van der Waals surface area contributed by atoms with Crippen LogP contribution in [0.25, 0.3) is 0 Å². The van der Waals surface area contributed by atoms with Gasteiger partial charge in [-0.05, 0) is 37.7 Å². The summed E-state index contributed by atoms with van der Waals surface area (Å²) in [5.41, 5.74) is 1.46. The Hall–Kier alpha value is -1.15. The zero-order chi connectivity index (χ0) is 17.5. The Kier molecular flexibility index (Phi) is 8.84. The third-order valence-electron chi connectivity index (χ3n) is 4.78. The zero-order valence-electron chi connectivity index (χ0n) is 15.6. The van der Waals surface area contributed by atoms with Crippen LogP contribution < -0.4 is 5.32 Å². The van der Waals surface area contributed by atoms with Gasteiger partial charge in [-0.15, -0.1) is 35.3 Å². The molecule has 0 spiro atoms. The number of halogens is 1. The Morgan fingerprint density at radius 2 is 2.00 bits per heavy atom. The number of benzene rings is 1. The molecular formula is C20H29IN4S. The number of rotatable bonds is 5. The lowest BCUT2D eigenvalue weighted by atomic mass is 9.90. The van der Waals surface area contributed by atoms with Crippen LogP contribution in [0.5, 0.6) is 0 Å². The number of piperidine rings is 1. The molecule has 0 amide bonds. The van der Waals surface area contributed by atoms with Gasteiger partial charge in [-0.1, -0.05) is 30.3 Å². The quantitative estimate of drug-likeness (QED) is 0.394. The molecule has 0 saturated carbocycles. The van der Waals surface area contributed by atoms with E-state index in [0.717, 1.165) is 37.9 Å². The molecule has 2 aromatic rings. The minimum atomic E-state index is 0. The van der Waals surface area contributed by atoms with E-state index in [9.17, 15) is 0 Å². The Labute approximate surface area is 178 Å². The molecule has 1 aliphatic rings. The Bertz CT molecular complexity index is 678. The van der Waals surface area contributed by atoms with Crippen molar-refractivity contribution in [2.75, 3.05) is 26.7 Å². The minimum absolute atomic E-state index is 0. The summed E-state index contributed by atoms with van der Waals surface area (Å²) in [6, 6.07) is 10.9. The highest BCUT2D eigenvalue weighted by Gasteiger charge is 2.21. The summed E-state index contributed by atoms with van der Waals surface area (Å²) in [5, 5.41) is 4.70. The molecule has 1 aromatic heterocycles. The monoisotopic (exact) mass is 484 g/mol. The standard InChI is InChI=1S/C20H28N4S.HI/c1-16-15-23-19(25-16)8-11-22-20(21-2)24-12-9-18(10-13-24)14-17-6-4-3-5-7-17;/h3-7,15,18H,8-14H2,1-2H3,(H,21,22);1H. The molecule has 1 saturated heterocycles. The van der Waals surface area contributed by atoms with Crippen LogP contribution in [0.2, 0.25) is 0 Å². The van der Waals surface area contributed by atoms with Gasteiger partial charge in [0.25, 0.3) is 0 Å². The van der Waals surface area contributed by atoms with Crippen LogP contribution in [0.15, 0.2) is 41.5 Å². The molecule has 1 fully saturated rings. The second kappa shape index (κ2) is 10.9. The van der Waals surface area contributed by atoms with Crippen molar-refractivity contribution < 1.29 is 0 Å². The summed E-state index contributed by atoms with van der Waals surface area (Å²) in [6.45, 7) is 5.18. The van der Waals surface area contributed by atoms with Crippen molar-refractivity contribution in [3.05, 3.63) is 52.0 Å². The van der Waals surface area contributed by atoms with Crippen LogP contribution >= 0.6 is 35.3 Å². The second-order valence-electron chi connectivity index (χ2n) is 6.71. The van der Waals surface area contributed by atoms with E-state index in [1.807, 2.05) is 13.2 Å². The predicted octanol–water partition coefficient (Wildman–Crippen LogP) is 4.14. The van der Waals surface area contributed by atoms with Crippen molar-refractivity contribution >= 4 is 41.3 Å². The predicted molar refractivity (Wildman–Crippen MR) is 122 cm³/mol. The summed E-state index contributed by atoms with van der Waals surface area (Å²) < 4.78 is 0. The highest BCUT2D eigenvalue weighted by atomic mass is 127. The van der Waals surface area contributed by atoms with Gasteiger partial charge in [-0.3, -0.25) is 4.99 Å². The molecule has 1 N–H and O–H groups in total. The fraction of sp³-hybridized carbons (Fsp3) is 0.500. The highest BCUT2D eigenvalue weighted by molar-refractivity contribution is 14.0. The third-order valence-corrected chi connectivity index (χ3v) is 5.76. The van der Waals surface area contributed by atoms with E-state index in [4.69, 9.17) is 0 Å². The molecule has 1 aromatic carbocycles. The first-order chi connectivity index (χ1) is 12.2. The number of likely N-dealkylation sites (tertiary alicyclic amines) is 1. The summed E-state index contributed by atoms with van der Waals surface area (Å²) in [5.74, 6) is 1.82. The van der Waals surface area contributed by atoms with Gasteiger partial charge in [0.1, 0.15) is 0 Å². The molecule has 4 nitrogen and oxygen atoms in total. The number of nitrogens with zero attached hydrogens (tertiary/aromatic N) is 3. The fourth-order valence-corrected chi connectivity index (χ4v) is 4.21. The van der Waals surface area contributed by atoms with Crippen molar-refractivity contribution in [1.29, 1.82) is 0 Å². The number of aliphatic imine (C=N–C) groups is 1. The van der Waals surface area contributed by atoms with E-state index < -0.39 is 0 Å². The van der Waals surface area contributed by atoms with E-state index >= 15 is 0 Å². The Morgan fingerprint density at radius 1 is 1.27 bits per heavy atom. The smallest absolute Gasteiger partial charge is 0.193 e. The van der Waals surface area contributed by atoms with Crippen molar-refractivity contribution in [3.8, 4) is 0 Å². The molecule has 0 bridgehead atoms. The van der Waals surface area contributed by atoms with Gasteiger partial charge in [0, 0.05) is 44.2 Å². The maximum absolute atomic E-state index is 4.47. The number of aryl methyl sites for hydroxylation is 1. The van der Waals surface area contributed by atoms with Gasteiger partial charge in [-0.2, -0.15) is 0 Å². The number of aromatic nitrogens is 1. The molecule has 1 aliphatic heterocycles. The largest absolute Gasteiger partial charge is 0.356 e. The summed E-state index contributed by atoms with van der Waals surface area (Å²) in [6.07, 6.45) is 6.58. The van der Waals surface area contributed by atoms with E-state index in [2.05, 4.69) is 57.4 Å². The van der Waals surface area contributed by atoms with E-state index in [1.54, 1.807) is 11.3 Å². The van der Waals surface area contributed by atoms with Gasteiger partial charge >= 0.3 is 0 Å². The lowest BCUT2D eigenvalue weighted by molar-refractivity contribution is 0.259. The molecule has 3 rings (SSSR count). The topological polar surface area (TPSA) is 40.5 Å². The van der Waals surface area contributed by atoms with E-state index in [0.29, 0.717) is 0 Å². The molecule has 0 aliphatic carbocycles. The van der Waals surface area contributed by atoms with Crippen LogP contribution in [0.3, 0.4) is 0 Å². The molecule has 0 unspecified atom stereocenters. The first-order valence-electron chi connectivity index (χ1n) is 9.15. The van der Waals surface area contributed by atoms with E-state index in [1.165, 1.54) is 34.7 Å². The molecular weight excluding hydrogens is 455 g/mol. The van der Waals surface area contributed by atoms with E-state index in [-0.39, 0.29) is 24.0 Å². The Morgan fingerprint density at radius 3 is 2.62 bits per heavy atom. The molecule has 2 heterocycles. The van der Waals surface area contributed by atoms with Crippen molar-refractivity contribution in [3.63, 3.8) is 0 Å². The molecule has 0 atom stereocenters. The number of guanidine groups is 1. The van der Waals surface area contributed by atoms with Crippen molar-refractivity contribution in [1.82, 2.24) is 15.2 Å². The zero-order valence-corrected chi connectivity index (χ0v) is 18.8. The number of thiazole rings is 1. The maximum Gasteiger partial charge on any atom is 0.193 e. The summed E-state index contributed by atoms with van der Waals surface area (Å²) in [7, 11) is 1.88. The Balaban J connectivity index is 0.00000243. The molecule has 26 heavy (non-hydrogen) atoms. The van der Waals surface area contributed by atoms with Gasteiger partial charge in [-0.25, -0.2) is 4.98 Å². The average molecular weight is 484 g/mol. The van der Waals surface area contributed by atoms with Gasteiger partial charge in [0.2, 0.25) is 0 Å². The van der Waals surface area contributed by atoms with Crippen LogP contribution in [0.1, 0.15) is 28.3 Å². The first kappa shape index (κ1) is 21.2. The SMILES string of the molecule is CN=C(NCCc1ncc(C)s1)N1CCC(Cc2ccccc2)CC1.I. The maximum atomic E-state index is 4.47. The first-order valence-corrected chi connectivity index (χ1v) is 9.97. The normalized spacial score (nSPS) is 15.6.